The van der Waals surface area contributed by atoms with Gasteiger partial charge >= 0.3 is 5.97 Å². The summed E-state index contributed by atoms with van der Waals surface area (Å²) in [5.41, 5.74) is -0.279. The number of rotatable bonds is 3. The molecule has 0 spiro atoms. The average molecular weight is 249 g/mol. The Balaban J connectivity index is 2.18. The van der Waals surface area contributed by atoms with Crippen LogP contribution in [-0.2, 0) is 6.42 Å². The third kappa shape index (κ3) is 2.27. The first-order chi connectivity index (χ1) is 7.38. The van der Waals surface area contributed by atoms with E-state index in [1.54, 1.807) is 0 Å². The summed E-state index contributed by atoms with van der Waals surface area (Å²) >= 11 is 5.57. The van der Waals surface area contributed by atoms with Crippen molar-refractivity contribution in [2.45, 2.75) is 18.8 Å². The largest absolute Gasteiger partial charge is 0.477 e. The van der Waals surface area contributed by atoms with Crippen LogP contribution in [0.4, 0.5) is 8.78 Å². The molecule has 0 aliphatic heterocycles. The van der Waals surface area contributed by atoms with Crippen molar-refractivity contribution < 1.29 is 18.7 Å². The van der Waals surface area contributed by atoms with Crippen molar-refractivity contribution in [3.8, 4) is 0 Å². The molecule has 1 N–H and O–H groups in total. The second kappa shape index (κ2) is 3.62. The predicted octanol–water partition coefficient (Wildman–Crippen LogP) is 2.03. The Morgan fingerprint density at radius 1 is 1.62 bits per heavy atom. The van der Waals surface area contributed by atoms with E-state index in [2.05, 4.69) is 9.97 Å². The van der Waals surface area contributed by atoms with Gasteiger partial charge in [0, 0.05) is 24.8 Å². The van der Waals surface area contributed by atoms with Gasteiger partial charge in [0.05, 0.1) is 0 Å². The van der Waals surface area contributed by atoms with Crippen LogP contribution in [0.5, 0.6) is 0 Å². The summed E-state index contributed by atoms with van der Waals surface area (Å²) in [6.45, 7) is 0. The van der Waals surface area contributed by atoms with Crippen LogP contribution in [0.25, 0.3) is 0 Å². The summed E-state index contributed by atoms with van der Waals surface area (Å²) in [5, 5.41) is 8.64. The second-order valence-corrected chi connectivity index (χ2v) is 4.05. The lowest BCUT2D eigenvalue weighted by Gasteiger charge is -2.01. The molecule has 0 bridgehead atoms. The highest BCUT2D eigenvalue weighted by Gasteiger charge is 2.56. The molecule has 1 saturated carbocycles. The maximum absolute atomic E-state index is 12.6. The van der Waals surface area contributed by atoms with Gasteiger partial charge < -0.3 is 5.11 Å². The minimum Gasteiger partial charge on any atom is -0.477 e. The van der Waals surface area contributed by atoms with E-state index in [1.807, 2.05) is 0 Å². The molecule has 16 heavy (non-hydrogen) atoms. The van der Waals surface area contributed by atoms with Crippen LogP contribution in [-0.4, -0.2) is 27.0 Å². The van der Waals surface area contributed by atoms with Crippen LogP contribution >= 0.6 is 11.6 Å². The van der Waals surface area contributed by atoms with E-state index in [1.165, 1.54) is 0 Å². The lowest BCUT2D eigenvalue weighted by Crippen LogP contribution is -2.07. The van der Waals surface area contributed by atoms with Crippen LogP contribution in [0.2, 0.25) is 5.15 Å². The number of carboxylic acid groups (broad SMARTS) is 1. The molecule has 1 fully saturated rings. The highest BCUT2D eigenvalue weighted by atomic mass is 35.5. The van der Waals surface area contributed by atoms with Crippen molar-refractivity contribution >= 4 is 17.6 Å². The van der Waals surface area contributed by atoms with Gasteiger partial charge in [0.1, 0.15) is 11.0 Å². The number of alkyl halides is 2. The Morgan fingerprint density at radius 2 is 2.25 bits per heavy atom. The zero-order valence-corrected chi connectivity index (χ0v) is 8.71. The van der Waals surface area contributed by atoms with E-state index >= 15 is 0 Å². The van der Waals surface area contributed by atoms with E-state index in [9.17, 15) is 13.6 Å². The zero-order chi connectivity index (χ0) is 11.9. The lowest BCUT2D eigenvalue weighted by molar-refractivity contribution is 0.0690. The van der Waals surface area contributed by atoms with Crippen LogP contribution in [0, 0.1) is 5.92 Å². The predicted molar refractivity (Wildman–Crippen MR) is 50.8 cm³/mol. The minimum atomic E-state index is -2.67. The van der Waals surface area contributed by atoms with Crippen LogP contribution in [0.15, 0.2) is 6.07 Å². The second-order valence-electron chi connectivity index (χ2n) is 3.66. The maximum Gasteiger partial charge on any atom is 0.354 e. The molecule has 1 aliphatic carbocycles. The lowest BCUT2D eigenvalue weighted by atomic mass is 10.2. The molecule has 2 rings (SSSR count). The average Bonchev–Trinajstić information content (AvgIpc) is 2.72. The van der Waals surface area contributed by atoms with Gasteiger partial charge in [0.25, 0.3) is 5.92 Å². The molecule has 4 nitrogen and oxygen atoms in total. The number of hydrogen-bond donors (Lipinski definition) is 1. The van der Waals surface area contributed by atoms with Gasteiger partial charge in [0.15, 0.2) is 5.69 Å². The highest BCUT2D eigenvalue weighted by Crippen LogP contribution is 2.49. The summed E-state index contributed by atoms with van der Waals surface area (Å²) in [4.78, 5) is 18.0. The highest BCUT2D eigenvalue weighted by molar-refractivity contribution is 6.29. The third-order valence-electron chi connectivity index (χ3n) is 2.34. The standard InChI is InChI=1S/C9H7ClF2N2O2/c10-6-2-5(8(15)16)13-7(14-6)1-4-3-9(4,11)12/h2,4H,1,3H2,(H,15,16). The monoisotopic (exact) mass is 248 g/mol. The molecular formula is C9H7ClF2N2O2. The van der Waals surface area contributed by atoms with E-state index in [0.29, 0.717) is 0 Å². The number of carbonyl (C=O) groups is 1. The molecule has 1 aromatic rings. The first kappa shape index (κ1) is 11.2. The summed E-state index contributed by atoms with van der Waals surface area (Å²) in [5.74, 6) is -4.68. The molecule has 0 amide bonds. The summed E-state index contributed by atoms with van der Waals surface area (Å²) < 4.78 is 25.3. The molecule has 1 unspecified atom stereocenters. The van der Waals surface area contributed by atoms with Crippen molar-refractivity contribution in [2.75, 3.05) is 0 Å². The molecule has 1 aromatic heterocycles. The van der Waals surface area contributed by atoms with Gasteiger partial charge in [-0.05, 0) is 0 Å². The zero-order valence-electron chi connectivity index (χ0n) is 7.95. The number of halogens is 3. The topological polar surface area (TPSA) is 63.1 Å². The smallest absolute Gasteiger partial charge is 0.354 e. The number of carboxylic acids is 1. The van der Waals surface area contributed by atoms with Crippen molar-refractivity contribution in [2.24, 2.45) is 5.92 Å². The van der Waals surface area contributed by atoms with Crippen molar-refractivity contribution in [3.63, 3.8) is 0 Å². The number of aromatic carboxylic acids is 1. The maximum atomic E-state index is 12.6. The van der Waals surface area contributed by atoms with Gasteiger partial charge in [-0.2, -0.15) is 0 Å². The van der Waals surface area contributed by atoms with E-state index in [-0.39, 0.29) is 29.5 Å². The minimum absolute atomic E-state index is 0.0478. The first-order valence-electron chi connectivity index (χ1n) is 4.53. The Kier molecular flexibility index (Phi) is 2.53. The number of nitrogens with zero attached hydrogens (tertiary/aromatic N) is 2. The Morgan fingerprint density at radius 3 is 2.75 bits per heavy atom. The molecule has 1 atom stereocenters. The quantitative estimate of drug-likeness (QED) is 0.832. The van der Waals surface area contributed by atoms with Crippen LogP contribution < -0.4 is 0 Å². The number of hydrogen-bond acceptors (Lipinski definition) is 3. The normalized spacial score (nSPS) is 21.8. The van der Waals surface area contributed by atoms with Gasteiger partial charge in [-0.1, -0.05) is 11.6 Å². The molecule has 1 aliphatic rings. The fourth-order valence-electron chi connectivity index (χ4n) is 1.38. The van der Waals surface area contributed by atoms with Gasteiger partial charge in [-0.25, -0.2) is 23.5 Å². The van der Waals surface area contributed by atoms with Crippen LogP contribution in [0.3, 0.4) is 0 Å². The van der Waals surface area contributed by atoms with E-state index in [4.69, 9.17) is 16.7 Å². The number of aromatic nitrogens is 2. The van der Waals surface area contributed by atoms with Gasteiger partial charge in [0.2, 0.25) is 0 Å². The fourth-order valence-corrected chi connectivity index (χ4v) is 1.58. The SMILES string of the molecule is O=C(O)c1cc(Cl)nc(CC2CC2(F)F)n1. The first-order valence-corrected chi connectivity index (χ1v) is 4.91. The summed E-state index contributed by atoms with van der Waals surface area (Å²) in [6, 6.07) is 1.08. The third-order valence-corrected chi connectivity index (χ3v) is 2.54. The molecule has 7 heteroatoms. The van der Waals surface area contributed by atoms with Gasteiger partial charge in [-0.3, -0.25) is 0 Å². The van der Waals surface area contributed by atoms with E-state index in [0.717, 1.165) is 6.07 Å². The molecule has 0 saturated heterocycles. The van der Waals surface area contributed by atoms with Crippen molar-refractivity contribution in [1.82, 2.24) is 9.97 Å². The van der Waals surface area contributed by atoms with Crippen molar-refractivity contribution in [1.29, 1.82) is 0 Å². The Labute approximate surface area is 94.3 Å². The molecule has 1 heterocycles. The summed E-state index contributed by atoms with van der Waals surface area (Å²) in [6.07, 6.45) is -0.251. The molecule has 0 radical (unpaired) electrons. The van der Waals surface area contributed by atoms with E-state index < -0.39 is 17.8 Å². The van der Waals surface area contributed by atoms with Crippen molar-refractivity contribution in [3.05, 3.63) is 22.7 Å². The van der Waals surface area contributed by atoms with Gasteiger partial charge in [-0.15, -0.1) is 0 Å². The Bertz CT molecular complexity index is 453. The molecule has 86 valence electrons. The van der Waals surface area contributed by atoms with Crippen LogP contribution in [0.1, 0.15) is 22.7 Å². The summed E-state index contributed by atoms with van der Waals surface area (Å²) in [7, 11) is 0. The Hall–Kier alpha value is -1.30. The fraction of sp³-hybridized carbons (Fsp3) is 0.444. The molecule has 0 aromatic carbocycles. The molecular weight excluding hydrogens is 242 g/mol.